The smallest absolute Gasteiger partial charge is 0.319 e. The zero-order valence-corrected chi connectivity index (χ0v) is 12.2. The first-order valence-corrected chi connectivity index (χ1v) is 6.70. The summed E-state index contributed by atoms with van der Waals surface area (Å²) in [5, 5.41) is 0. The van der Waals surface area contributed by atoms with Crippen LogP contribution in [0.15, 0.2) is 18.2 Å². The number of piperazine rings is 1. The molecule has 1 aliphatic rings. The number of benzene rings is 1. The van der Waals surface area contributed by atoms with E-state index in [2.05, 4.69) is 0 Å². The number of carbonyl (C=O) groups is 2. The molecule has 1 saturated heterocycles. The number of hydrogen-bond acceptors (Lipinski definition) is 3. The first-order chi connectivity index (χ1) is 9.90. The molecule has 6 nitrogen and oxygen atoms in total. The molecule has 2 rings (SSSR count). The fraction of sp³-hybridized carbons (Fsp3) is 0.429. The van der Waals surface area contributed by atoms with Crippen molar-refractivity contribution < 1.29 is 14.0 Å². The first kappa shape index (κ1) is 15.1. The van der Waals surface area contributed by atoms with Gasteiger partial charge >= 0.3 is 6.03 Å². The lowest BCUT2D eigenvalue weighted by molar-refractivity contribution is 0.0650. The van der Waals surface area contributed by atoms with E-state index in [4.69, 9.17) is 5.73 Å². The monoisotopic (exact) mass is 294 g/mol. The summed E-state index contributed by atoms with van der Waals surface area (Å²) < 4.78 is 13.4. The number of halogens is 1. The minimum absolute atomic E-state index is 0.0212. The van der Waals surface area contributed by atoms with Gasteiger partial charge in [0.25, 0.3) is 5.91 Å². The summed E-state index contributed by atoms with van der Waals surface area (Å²) in [7, 11) is 3.38. The van der Waals surface area contributed by atoms with Gasteiger partial charge in [0, 0.05) is 45.8 Å². The molecular weight excluding hydrogens is 275 g/mol. The van der Waals surface area contributed by atoms with Gasteiger partial charge in [-0.05, 0) is 18.2 Å². The number of nitrogens with two attached hydrogens (primary N) is 1. The van der Waals surface area contributed by atoms with Gasteiger partial charge in [0.1, 0.15) is 5.82 Å². The quantitative estimate of drug-likeness (QED) is 0.781. The normalized spacial score (nSPS) is 15.0. The minimum atomic E-state index is -0.595. The van der Waals surface area contributed by atoms with Gasteiger partial charge in [-0.25, -0.2) is 9.18 Å². The zero-order valence-electron chi connectivity index (χ0n) is 12.2. The number of anilines is 1. The Kier molecular flexibility index (Phi) is 4.30. The van der Waals surface area contributed by atoms with Crippen molar-refractivity contribution in [3.05, 3.63) is 29.6 Å². The van der Waals surface area contributed by atoms with E-state index in [0.29, 0.717) is 26.2 Å². The summed E-state index contributed by atoms with van der Waals surface area (Å²) >= 11 is 0. The molecule has 0 aromatic heterocycles. The van der Waals surface area contributed by atoms with Crippen molar-refractivity contribution in [1.29, 1.82) is 0 Å². The van der Waals surface area contributed by atoms with E-state index >= 15 is 0 Å². The number of nitrogen functional groups attached to an aromatic ring is 1. The van der Waals surface area contributed by atoms with E-state index in [0.717, 1.165) is 6.07 Å². The average molecular weight is 294 g/mol. The summed E-state index contributed by atoms with van der Waals surface area (Å²) in [5.74, 6) is -0.840. The van der Waals surface area contributed by atoms with Gasteiger partial charge in [0.15, 0.2) is 0 Å². The maximum Gasteiger partial charge on any atom is 0.319 e. The molecule has 114 valence electrons. The highest BCUT2D eigenvalue weighted by molar-refractivity contribution is 5.94. The van der Waals surface area contributed by atoms with Crippen LogP contribution in [-0.2, 0) is 0 Å². The fourth-order valence-corrected chi connectivity index (χ4v) is 2.23. The molecular formula is C14H19FN4O2. The molecule has 7 heteroatoms. The van der Waals surface area contributed by atoms with Crippen LogP contribution in [0.5, 0.6) is 0 Å². The van der Waals surface area contributed by atoms with E-state index in [-0.39, 0.29) is 23.2 Å². The standard InChI is InChI=1S/C14H19FN4O2/c1-17(2)14(21)19-7-5-18(6-8-19)13(20)10-3-4-12(16)11(15)9-10/h3-4,9H,5-8,16H2,1-2H3. The van der Waals surface area contributed by atoms with Crippen molar-refractivity contribution in [2.24, 2.45) is 0 Å². The lowest BCUT2D eigenvalue weighted by atomic mass is 10.1. The number of urea groups is 1. The largest absolute Gasteiger partial charge is 0.396 e. The highest BCUT2D eigenvalue weighted by Crippen LogP contribution is 2.15. The van der Waals surface area contributed by atoms with Crippen LogP contribution >= 0.6 is 0 Å². The third kappa shape index (κ3) is 3.24. The van der Waals surface area contributed by atoms with Gasteiger partial charge in [-0.1, -0.05) is 0 Å². The van der Waals surface area contributed by atoms with Crippen LogP contribution in [-0.4, -0.2) is 66.9 Å². The second-order valence-electron chi connectivity index (χ2n) is 5.19. The molecule has 1 aromatic rings. The van der Waals surface area contributed by atoms with Gasteiger partial charge in [-0.3, -0.25) is 4.79 Å². The molecule has 3 amide bonds. The predicted octanol–water partition coefficient (Wildman–Crippen LogP) is 0.847. The summed E-state index contributed by atoms with van der Waals surface area (Å²) in [6.07, 6.45) is 0. The fourth-order valence-electron chi connectivity index (χ4n) is 2.23. The number of rotatable bonds is 1. The van der Waals surface area contributed by atoms with E-state index < -0.39 is 5.82 Å². The van der Waals surface area contributed by atoms with Crippen LogP contribution in [0.1, 0.15) is 10.4 Å². The van der Waals surface area contributed by atoms with Crippen LogP contribution in [0.25, 0.3) is 0 Å². The molecule has 1 fully saturated rings. The van der Waals surface area contributed by atoms with Crippen molar-refractivity contribution in [2.75, 3.05) is 46.0 Å². The number of carbonyl (C=O) groups excluding carboxylic acids is 2. The summed E-state index contributed by atoms with van der Waals surface area (Å²) in [6, 6.07) is 3.97. The summed E-state index contributed by atoms with van der Waals surface area (Å²) in [6.45, 7) is 1.81. The third-order valence-corrected chi connectivity index (χ3v) is 3.47. The Hall–Kier alpha value is -2.31. The molecule has 21 heavy (non-hydrogen) atoms. The van der Waals surface area contributed by atoms with Crippen LogP contribution in [0, 0.1) is 5.82 Å². The van der Waals surface area contributed by atoms with Crippen molar-refractivity contribution in [2.45, 2.75) is 0 Å². The second kappa shape index (κ2) is 5.99. The molecule has 0 unspecified atom stereocenters. The SMILES string of the molecule is CN(C)C(=O)N1CCN(C(=O)c2ccc(N)c(F)c2)CC1. The Labute approximate surface area is 122 Å². The molecule has 0 atom stereocenters. The van der Waals surface area contributed by atoms with Gasteiger partial charge < -0.3 is 20.4 Å². The molecule has 1 aromatic carbocycles. The lowest BCUT2D eigenvalue weighted by Crippen LogP contribution is -2.52. The van der Waals surface area contributed by atoms with Crippen LogP contribution in [0.3, 0.4) is 0 Å². The van der Waals surface area contributed by atoms with Crippen LogP contribution < -0.4 is 5.73 Å². The Morgan fingerprint density at radius 2 is 1.71 bits per heavy atom. The van der Waals surface area contributed by atoms with E-state index in [9.17, 15) is 14.0 Å². The number of amides is 3. The van der Waals surface area contributed by atoms with Crippen molar-refractivity contribution in [1.82, 2.24) is 14.7 Å². The topological polar surface area (TPSA) is 69.9 Å². The maximum absolute atomic E-state index is 13.4. The second-order valence-corrected chi connectivity index (χ2v) is 5.19. The van der Waals surface area contributed by atoms with E-state index in [1.807, 2.05) is 0 Å². The average Bonchev–Trinajstić information content (AvgIpc) is 2.48. The van der Waals surface area contributed by atoms with Gasteiger partial charge in [0.05, 0.1) is 5.69 Å². The highest BCUT2D eigenvalue weighted by Gasteiger charge is 2.25. The first-order valence-electron chi connectivity index (χ1n) is 6.70. The zero-order chi connectivity index (χ0) is 15.6. The van der Waals surface area contributed by atoms with Crippen molar-refractivity contribution >= 4 is 17.6 Å². The molecule has 2 N–H and O–H groups in total. The van der Waals surface area contributed by atoms with Gasteiger partial charge in [-0.2, -0.15) is 0 Å². The van der Waals surface area contributed by atoms with E-state index in [1.165, 1.54) is 17.0 Å². The number of nitrogens with zero attached hydrogens (tertiary/aromatic N) is 3. The third-order valence-electron chi connectivity index (χ3n) is 3.47. The van der Waals surface area contributed by atoms with Crippen LogP contribution in [0.2, 0.25) is 0 Å². The molecule has 1 aliphatic heterocycles. The van der Waals surface area contributed by atoms with Crippen LogP contribution in [0.4, 0.5) is 14.9 Å². The van der Waals surface area contributed by atoms with E-state index in [1.54, 1.807) is 23.9 Å². The molecule has 0 radical (unpaired) electrons. The lowest BCUT2D eigenvalue weighted by Gasteiger charge is -2.36. The molecule has 0 bridgehead atoms. The Morgan fingerprint density at radius 1 is 1.14 bits per heavy atom. The number of hydrogen-bond donors (Lipinski definition) is 1. The maximum atomic E-state index is 13.4. The van der Waals surface area contributed by atoms with Gasteiger partial charge in [0.2, 0.25) is 0 Å². The Balaban J connectivity index is 2.00. The molecule has 0 aliphatic carbocycles. The van der Waals surface area contributed by atoms with Crippen molar-refractivity contribution in [3.8, 4) is 0 Å². The summed E-state index contributed by atoms with van der Waals surface area (Å²) in [4.78, 5) is 28.9. The molecule has 0 spiro atoms. The summed E-state index contributed by atoms with van der Waals surface area (Å²) in [5.41, 5.74) is 5.69. The van der Waals surface area contributed by atoms with Gasteiger partial charge in [-0.15, -0.1) is 0 Å². The van der Waals surface area contributed by atoms with Crippen molar-refractivity contribution in [3.63, 3.8) is 0 Å². The highest BCUT2D eigenvalue weighted by atomic mass is 19.1. The minimum Gasteiger partial charge on any atom is -0.396 e. The predicted molar refractivity (Wildman–Crippen MR) is 77.4 cm³/mol. The molecule has 1 heterocycles. The molecule has 0 saturated carbocycles. The Bertz CT molecular complexity index is 554. The Morgan fingerprint density at radius 3 is 2.24 bits per heavy atom.